The van der Waals surface area contributed by atoms with Crippen LogP contribution in [-0.2, 0) is 0 Å². The number of rotatable bonds is 5. The fourth-order valence-corrected chi connectivity index (χ4v) is 4.48. The molecule has 0 saturated carbocycles. The number of aromatic nitrogens is 3. The number of carbonyl (C=O) groups excluding carboxylic acids is 1. The van der Waals surface area contributed by atoms with Gasteiger partial charge in [-0.3, -0.25) is 4.79 Å². The number of hydrogen-bond donors (Lipinski definition) is 0. The number of amides is 1. The van der Waals surface area contributed by atoms with Gasteiger partial charge in [-0.25, -0.2) is 18.4 Å². The van der Waals surface area contributed by atoms with Gasteiger partial charge in [0, 0.05) is 32.0 Å². The van der Waals surface area contributed by atoms with Crippen molar-refractivity contribution >= 4 is 17.2 Å². The highest BCUT2D eigenvalue weighted by Crippen LogP contribution is 2.27. The smallest absolute Gasteiger partial charge is 0.293 e. The number of para-hydroxylation sites is 1. The molecule has 0 aliphatic carbocycles. The third-order valence-electron chi connectivity index (χ3n) is 5.46. The van der Waals surface area contributed by atoms with E-state index in [-0.39, 0.29) is 23.6 Å². The van der Waals surface area contributed by atoms with E-state index in [2.05, 4.69) is 10.1 Å². The Hall–Kier alpha value is -3.59. The lowest BCUT2D eigenvalue weighted by molar-refractivity contribution is 0.0577. The SMILES string of the molecule is O=C(c1nc(-c2cccs2)n(-c2ccccc2)n1)N1CCC(Oc2ccc(F)cc2F)CC1. The van der Waals surface area contributed by atoms with Crippen LogP contribution >= 0.6 is 11.3 Å². The van der Waals surface area contributed by atoms with Gasteiger partial charge in [0.15, 0.2) is 17.4 Å². The Morgan fingerprint density at radius 2 is 1.82 bits per heavy atom. The zero-order valence-electron chi connectivity index (χ0n) is 17.5. The predicted molar refractivity (Wildman–Crippen MR) is 121 cm³/mol. The first-order chi connectivity index (χ1) is 16.1. The summed E-state index contributed by atoms with van der Waals surface area (Å²) < 4.78 is 34.4. The monoisotopic (exact) mass is 466 g/mol. The average Bonchev–Trinajstić information content (AvgIpc) is 3.52. The largest absolute Gasteiger partial charge is 0.487 e. The minimum absolute atomic E-state index is 0.0186. The van der Waals surface area contributed by atoms with Crippen LogP contribution < -0.4 is 4.74 Å². The number of benzene rings is 2. The summed E-state index contributed by atoms with van der Waals surface area (Å²) in [6.45, 7) is 0.862. The Labute approximate surface area is 193 Å². The van der Waals surface area contributed by atoms with Gasteiger partial charge in [-0.1, -0.05) is 24.3 Å². The van der Waals surface area contributed by atoms with Crippen LogP contribution in [0.5, 0.6) is 5.75 Å². The van der Waals surface area contributed by atoms with E-state index >= 15 is 0 Å². The molecule has 1 fully saturated rings. The van der Waals surface area contributed by atoms with Crippen molar-refractivity contribution in [3.05, 3.63) is 83.5 Å². The van der Waals surface area contributed by atoms with Gasteiger partial charge in [0.2, 0.25) is 5.82 Å². The molecule has 2 aromatic heterocycles. The minimum atomic E-state index is -0.731. The normalized spacial score (nSPS) is 14.4. The van der Waals surface area contributed by atoms with Crippen LogP contribution in [0.3, 0.4) is 0 Å². The number of halogens is 2. The highest BCUT2D eigenvalue weighted by molar-refractivity contribution is 7.13. The van der Waals surface area contributed by atoms with Crippen molar-refractivity contribution < 1.29 is 18.3 Å². The maximum Gasteiger partial charge on any atom is 0.293 e. The van der Waals surface area contributed by atoms with Gasteiger partial charge in [-0.05, 0) is 35.7 Å². The Bertz CT molecular complexity index is 1250. The zero-order valence-corrected chi connectivity index (χ0v) is 18.3. The molecule has 2 aromatic carbocycles. The van der Waals surface area contributed by atoms with Crippen molar-refractivity contribution in [1.29, 1.82) is 0 Å². The van der Waals surface area contributed by atoms with E-state index in [0.29, 0.717) is 31.8 Å². The molecule has 6 nitrogen and oxygen atoms in total. The molecule has 1 aliphatic heterocycles. The summed E-state index contributed by atoms with van der Waals surface area (Å²) in [6.07, 6.45) is 0.796. The van der Waals surface area contributed by atoms with E-state index in [4.69, 9.17) is 4.74 Å². The van der Waals surface area contributed by atoms with Crippen LogP contribution in [0.1, 0.15) is 23.5 Å². The molecule has 0 atom stereocenters. The van der Waals surface area contributed by atoms with Crippen molar-refractivity contribution in [2.45, 2.75) is 18.9 Å². The number of piperidine rings is 1. The lowest BCUT2D eigenvalue weighted by Gasteiger charge is -2.31. The lowest BCUT2D eigenvalue weighted by atomic mass is 10.1. The van der Waals surface area contributed by atoms with E-state index in [1.807, 2.05) is 47.8 Å². The van der Waals surface area contributed by atoms with Gasteiger partial charge in [-0.2, -0.15) is 0 Å². The highest BCUT2D eigenvalue weighted by Gasteiger charge is 2.29. The van der Waals surface area contributed by atoms with E-state index in [1.54, 1.807) is 9.58 Å². The molecule has 0 radical (unpaired) electrons. The summed E-state index contributed by atoms with van der Waals surface area (Å²) in [5.74, 6) is -0.871. The predicted octanol–water partition coefficient (Wildman–Crippen LogP) is 4.96. The van der Waals surface area contributed by atoms with Crippen LogP contribution in [-0.4, -0.2) is 44.8 Å². The number of hydrogen-bond acceptors (Lipinski definition) is 5. The van der Waals surface area contributed by atoms with Crippen molar-refractivity contribution in [2.75, 3.05) is 13.1 Å². The second kappa shape index (κ2) is 9.11. The molecule has 168 valence electrons. The van der Waals surface area contributed by atoms with Crippen molar-refractivity contribution in [2.24, 2.45) is 0 Å². The van der Waals surface area contributed by atoms with Gasteiger partial charge < -0.3 is 9.64 Å². The maximum absolute atomic E-state index is 13.9. The third kappa shape index (κ3) is 4.49. The molecule has 0 N–H and O–H groups in total. The summed E-state index contributed by atoms with van der Waals surface area (Å²) in [7, 11) is 0. The number of carbonyl (C=O) groups is 1. The van der Waals surface area contributed by atoms with Crippen molar-refractivity contribution in [3.63, 3.8) is 0 Å². The molecule has 5 rings (SSSR count). The first kappa shape index (κ1) is 21.3. The topological polar surface area (TPSA) is 60.2 Å². The summed E-state index contributed by atoms with van der Waals surface area (Å²) >= 11 is 1.53. The standard InChI is InChI=1S/C24H20F2N4O2S/c25-16-8-9-20(19(26)15-16)32-18-10-12-29(13-11-18)24(31)22-27-23(21-7-4-14-33-21)30(28-22)17-5-2-1-3-6-17/h1-9,14-15,18H,10-13H2. The van der Waals surface area contributed by atoms with Crippen LogP contribution in [0.2, 0.25) is 0 Å². The number of likely N-dealkylation sites (tertiary alicyclic amines) is 1. The second-order valence-electron chi connectivity index (χ2n) is 7.67. The lowest BCUT2D eigenvalue weighted by Crippen LogP contribution is -2.42. The Kier molecular flexibility index (Phi) is 5.87. The molecule has 9 heteroatoms. The summed E-state index contributed by atoms with van der Waals surface area (Å²) in [5, 5.41) is 6.48. The zero-order chi connectivity index (χ0) is 22.8. The number of thiophene rings is 1. The summed E-state index contributed by atoms with van der Waals surface area (Å²) in [4.78, 5) is 20.3. The van der Waals surface area contributed by atoms with Gasteiger partial charge in [-0.15, -0.1) is 16.4 Å². The highest BCUT2D eigenvalue weighted by atomic mass is 32.1. The third-order valence-corrected chi connectivity index (χ3v) is 6.32. The molecule has 0 spiro atoms. The van der Waals surface area contributed by atoms with Crippen molar-refractivity contribution in [3.8, 4) is 22.1 Å². The van der Waals surface area contributed by atoms with Gasteiger partial charge in [0.25, 0.3) is 5.91 Å². The molecule has 1 aliphatic rings. The molecular weight excluding hydrogens is 446 g/mol. The number of ether oxygens (including phenoxy) is 1. The first-order valence-electron chi connectivity index (χ1n) is 10.6. The van der Waals surface area contributed by atoms with Crippen LogP contribution in [0, 0.1) is 11.6 Å². The molecule has 0 unspecified atom stereocenters. The van der Waals surface area contributed by atoms with E-state index in [1.165, 1.54) is 17.4 Å². The Morgan fingerprint density at radius 1 is 1.03 bits per heavy atom. The summed E-state index contributed by atoms with van der Waals surface area (Å²) in [6, 6.07) is 16.7. The molecule has 33 heavy (non-hydrogen) atoms. The average molecular weight is 467 g/mol. The molecule has 1 saturated heterocycles. The molecule has 4 aromatic rings. The molecule has 0 bridgehead atoms. The fourth-order valence-electron chi connectivity index (χ4n) is 3.79. The maximum atomic E-state index is 13.9. The van der Waals surface area contributed by atoms with Crippen LogP contribution in [0.25, 0.3) is 16.4 Å². The van der Waals surface area contributed by atoms with Crippen molar-refractivity contribution in [1.82, 2.24) is 19.7 Å². The first-order valence-corrected chi connectivity index (χ1v) is 11.4. The second-order valence-corrected chi connectivity index (χ2v) is 8.62. The molecular formula is C24H20F2N4O2S. The van der Waals surface area contributed by atoms with Gasteiger partial charge in [0.05, 0.1) is 10.6 Å². The Morgan fingerprint density at radius 3 is 2.52 bits per heavy atom. The quantitative estimate of drug-likeness (QED) is 0.417. The fraction of sp³-hybridized carbons (Fsp3) is 0.208. The van der Waals surface area contributed by atoms with Gasteiger partial charge >= 0.3 is 0 Å². The van der Waals surface area contributed by atoms with E-state index < -0.39 is 11.6 Å². The van der Waals surface area contributed by atoms with Crippen LogP contribution in [0.4, 0.5) is 8.78 Å². The Balaban J connectivity index is 1.31. The molecule has 1 amide bonds. The van der Waals surface area contributed by atoms with Crippen LogP contribution in [0.15, 0.2) is 66.0 Å². The van der Waals surface area contributed by atoms with Gasteiger partial charge in [0.1, 0.15) is 11.9 Å². The van der Waals surface area contributed by atoms with E-state index in [9.17, 15) is 13.6 Å². The molecule has 3 heterocycles. The summed E-state index contributed by atoms with van der Waals surface area (Å²) in [5.41, 5.74) is 0.820. The minimum Gasteiger partial charge on any atom is -0.487 e. The van der Waals surface area contributed by atoms with E-state index in [0.717, 1.165) is 22.7 Å². The number of nitrogens with zero attached hydrogens (tertiary/aromatic N) is 4.